The van der Waals surface area contributed by atoms with E-state index in [2.05, 4.69) is 17.2 Å². The molecule has 162 valence electrons. The lowest BCUT2D eigenvalue weighted by molar-refractivity contribution is -0.128. The van der Waals surface area contributed by atoms with Gasteiger partial charge in [0.05, 0.1) is 10.0 Å². The number of hydrogen-bond acceptors (Lipinski definition) is 3. The van der Waals surface area contributed by atoms with Crippen LogP contribution in [0.2, 0.25) is 10.0 Å². The normalized spacial score (nSPS) is 17.5. The Morgan fingerprint density at radius 1 is 1.13 bits per heavy atom. The van der Waals surface area contributed by atoms with Gasteiger partial charge in [0.2, 0.25) is 0 Å². The molecule has 1 heterocycles. The molecule has 2 aliphatic rings. The number of piperazine rings is 1. The fraction of sp³-hybridized carbons (Fsp3) is 0.435. The lowest BCUT2D eigenvalue weighted by atomic mass is 10.1. The SMILES string of the molecule is CC(C)/C=C(\C#N)C(=O)N1CCN(C(=O)NC2(C#Cc3ccc(Cl)c(Cl)c3)CC2)CC1. The average molecular weight is 459 g/mol. The Hall–Kier alpha value is -2.67. The summed E-state index contributed by atoms with van der Waals surface area (Å²) in [5.74, 6) is 6.06. The number of allylic oxidation sites excluding steroid dienone is 1. The molecular formula is C23H24Cl2N4O2. The summed E-state index contributed by atoms with van der Waals surface area (Å²) >= 11 is 12.0. The zero-order valence-electron chi connectivity index (χ0n) is 17.5. The summed E-state index contributed by atoms with van der Waals surface area (Å²) in [6, 6.07) is 6.98. The quantitative estimate of drug-likeness (QED) is 0.424. The highest BCUT2D eigenvalue weighted by Gasteiger charge is 2.44. The summed E-state index contributed by atoms with van der Waals surface area (Å²) in [6.07, 6.45) is 3.25. The Morgan fingerprint density at radius 2 is 1.77 bits per heavy atom. The Balaban J connectivity index is 1.56. The number of hydrogen-bond donors (Lipinski definition) is 1. The Kier molecular flexibility index (Phi) is 7.15. The third-order valence-electron chi connectivity index (χ3n) is 5.17. The van der Waals surface area contributed by atoms with Crippen molar-refractivity contribution < 1.29 is 9.59 Å². The molecule has 1 N–H and O–H groups in total. The van der Waals surface area contributed by atoms with E-state index < -0.39 is 5.54 Å². The number of benzene rings is 1. The second-order valence-corrected chi connectivity index (χ2v) is 8.92. The van der Waals surface area contributed by atoms with Crippen molar-refractivity contribution in [2.75, 3.05) is 26.2 Å². The van der Waals surface area contributed by atoms with Gasteiger partial charge in [-0.15, -0.1) is 0 Å². The summed E-state index contributed by atoms with van der Waals surface area (Å²) < 4.78 is 0. The van der Waals surface area contributed by atoms with Gasteiger partial charge in [-0.05, 0) is 37.0 Å². The average Bonchev–Trinajstić information content (AvgIpc) is 3.52. The molecule has 1 aliphatic carbocycles. The minimum absolute atomic E-state index is 0.116. The summed E-state index contributed by atoms with van der Waals surface area (Å²) in [7, 11) is 0. The minimum atomic E-state index is -0.524. The van der Waals surface area contributed by atoms with E-state index >= 15 is 0 Å². The molecule has 31 heavy (non-hydrogen) atoms. The number of halogens is 2. The van der Waals surface area contributed by atoms with Crippen molar-refractivity contribution in [3.05, 3.63) is 45.5 Å². The van der Waals surface area contributed by atoms with Gasteiger partial charge in [-0.25, -0.2) is 4.79 Å². The van der Waals surface area contributed by atoms with Crippen molar-refractivity contribution in [1.82, 2.24) is 15.1 Å². The van der Waals surface area contributed by atoms with Crippen LogP contribution < -0.4 is 5.32 Å². The molecule has 0 aromatic heterocycles. The smallest absolute Gasteiger partial charge is 0.318 e. The summed E-state index contributed by atoms with van der Waals surface area (Å²) in [5, 5.41) is 13.2. The molecule has 6 nitrogen and oxygen atoms in total. The highest BCUT2D eigenvalue weighted by Crippen LogP contribution is 2.35. The van der Waals surface area contributed by atoms with Crippen LogP contribution >= 0.6 is 23.2 Å². The molecule has 3 amide bonds. The summed E-state index contributed by atoms with van der Waals surface area (Å²) in [6.45, 7) is 5.45. The van der Waals surface area contributed by atoms with E-state index in [0.29, 0.717) is 36.2 Å². The number of nitrogens with one attached hydrogen (secondary N) is 1. The van der Waals surface area contributed by atoms with Crippen LogP contribution in [0.5, 0.6) is 0 Å². The molecule has 1 saturated carbocycles. The summed E-state index contributed by atoms with van der Waals surface area (Å²) in [4.78, 5) is 28.5. The lowest BCUT2D eigenvalue weighted by Crippen LogP contribution is -2.55. The predicted octanol–water partition coefficient (Wildman–Crippen LogP) is 3.84. The maximum absolute atomic E-state index is 12.7. The van der Waals surface area contributed by atoms with Crippen molar-refractivity contribution in [3.8, 4) is 17.9 Å². The zero-order chi connectivity index (χ0) is 22.6. The van der Waals surface area contributed by atoms with Crippen LogP contribution in [-0.2, 0) is 4.79 Å². The molecule has 1 aliphatic heterocycles. The molecule has 0 spiro atoms. The first-order valence-corrected chi connectivity index (χ1v) is 10.9. The Morgan fingerprint density at radius 3 is 2.32 bits per heavy atom. The van der Waals surface area contributed by atoms with Crippen molar-refractivity contribution >= 4 is 35.1 Å². The number of carbonyl (C=O) groups excluding carboxylic acids is 2. The van der Waals surface area contributed by atoms with Crippen LogP contribution in [0.4, 0.5) is 4.79 Å². The Bertz CT molecular complexity index is 1000. The third-order valence-corrected chi connectivity index (χ3v) is 5.91. The van der Waals surface area contributed by atoms with Crippen LogP contribution in [0, 0.1) is 29.1 Å². The van der Waals surface area contributed by atoms with Gasteiger partial charge in [0.15, 0.2) is 0 Å². The van der Waals surface area contributed by atoms with Crippen molar-refractivity contribution in [1.29, 1.82) is 5.26 Å². The second kappa shape index (κ2) is 9.64. The first-order chi connectivity index (χ1) is 14.7. The summed E-state index contributed by atoms with van der Waals surface area (Å²) in [5.41, 5.74) is 0.372. The molecule has 1 aromatic rings. The first-order valence-electron chi connectivity index (χ1n) is 10.2. The van der Waals surface area contributed by atoms with Crippen LogP contribution in [0.3, 0.4) is 0 Å². The van der Waals surface area contributed by atoms with Gasteiger partial charge in [-0.1, -0.05) is 55.0 Å². The number of nitrogens with zero attached hydrogens (tertiary/aromatic N) is 3. The van der Waals surface area contributed by atoms with Crippen molar-refractivity contribution in [3.63, 3.8) is 0 Å². The van der Waals surface area contributed by atoms with Crippen LogP contribution in [0.15, 0.2) is 29.8 Å². The lowest BCUT2D eigenvalue weighted by Gasteiger charge is -2.35. The van der Waals surface area contributed by atoms with Crippen molar-refractivity contribution in [2.24, 2.45) is 5.92 Å². The number of carbonyl (C=O) groups is 2. The number of nitriles is 1. The van der Waals surface area contributed by atoms with E-state index in [4.69, 9.17) is 23.2 Å². The standard InChI is InChI=1S/C23H24Cl2N4O2/c1-16(2)13-18(15-26)21(30)28-9-11-29(12-10-28)22(31)27-23(7-8-23)6-5-17-3-4-19(24)20(25)14-17/h3-4,13-14,16H,7-12H2,1-2H3,(H,27,31)/b18-13+. The largest absolute Gasteiger partial charge is 0.334 e. The maximum atomic E-state index is 12.7. The van der Waals surface area contributed by atoms with E-state index in [1.165, 1.54) is 0 Å². The van der Waals surface area contributed by atoms with Crippen LogP contribution in [-0.4, -0.2) is 53.5 Å². The molecule has 0 radical (unpaired) electrons. The fourth-order valence-corrected chi connectivity index (χ4v) is 3.53. The van der Waals surface area contributed by atoms with Crippen LogP contribution in [0.25, 0.3) is 0 Å². The van der Waals surface area contributed by atoms with E-state index in [-0.39, 0.29) is 23.4 Å². The highest BCUT2D eigenvalue weighted by molar-refractivity contribution is 6.42. The van der Waals surface area contributed by atoms with Gasteiger partial charge in [-0.3, -0.25) is 4.79 Å². The number of urea groups is 1. The molecule has 1 aromatic carbocycles. The molecule has 0 bridgehead atoms. The van der Waals surface area contributed by atoms with Gasteiger partial charge < -0.3 is 15.1 Å². The van der Waals surface area contributed by atoms with Gasteiger partial charge in [0, 0.05) is 31.7 Å². The predicted molar refractivity (Wildman–Crippen MR) is 121 cm³/mol. The molecule has 0 atom stereocenters. The second-order valence-electron chi connectivity index (χ2n) is 8.11. The molecule has 0 unspecified atom stereocenters. The van der Waals surface area contributed by atoms with Gasteiger partial charge in [0.1, 0.15) is 17.2 Å². The molecular weight excluding hydrogens is 435 g/mol. The monoisotopic (exact) mass is 458 g/mol. The van der Waals surface area contributed by atoms with E-state index in [1.807, 2.05) is 19.9 Å². The van der Waals surface area contributed by atoms with Gasteiger partial charge in [-0.2, -0.15) is 5.26 Å². The third kappa shape index (κ3) is 5.94. The van der Waals surface area contributed by atoms with E-state index in [9.17, 15) is 14.9 Å². The number of amides is 3. The van der Waals surface area contributed by atoms with Crippen molar-refractivity contribution in [2.45, 2.75) is 32.2 Å². The van der Waals surface area contributed by atoms with Gasteiger partial charge >= 0.3 is 6.03 Å². The van der Waals surface area contributed by atoms with Crippen LogP contribution in [0.1, 0.15) is 32.3 Å². The topological polar surface area (TPSA) is 76.4 Å². The number of rotatable bonds is 3. The van der Waals surface area contributed by atoms with E-state index in [1.54, 1.807) is 34.1 Å². The minimum Gasteiger partial charge on any atom is -0.334 e. The zero-order valence-corrected chi connectivity index (χ0v) is 19.1. The highest BCUT2D eigenvalue weighted by atomic mass is 35.5. The molecule has 2 fully saturated rings. The van der Waals surface area contributed by atoms with Gasteiger partial charge in [0.25, 0.3) is 5.91 Å². The maximum Gasteiger partial charge on any atom is 0.318 e. The van der Waals surface area contributed by atoms with E-state index in [0.717, 1.165) is 18.4 Å². The Labute approximate surface area is 192 Å². The molecule has 3 rings (SSSR count). The molecule has 1 saturated heterocycles. The molecule has 8 heteroatoms. The first kappa shape index (κ1) is 23.0. The fourth-order valence-electron chi connectivity index (χ4n) is 3.23.